The van der Waals surface area contributed by atoms with Crippen LogP contribution < -0.4 is 19.5 Å². The zero-order valence-electron chi connectivity index (χ0n) is 19.8. The maximum absolute atomic E-state index is 9.53. The molecule has 4 aromatic rings. The molecule has 6 heteroatoms. The third-order valence-electron chi connectivity index (χ3n) is 5.68. The highest BCUT2D eigenvalue weighted by molar-refractivity contribution is 5.73. The number of benzene rings is 3. The summed E-state index contributed by atoms with van der Waals surface area (Å²) in [6.07, 6.45) is 3.60. The number of hydrogen-bond donors (Lipinski definition) is 1. The van der Waals surface area contributed by atoms with Gasteiger partial charge in [0.25, 0.3) is 0 Å². The molecule has 0 saturated heterocycles. The number of pyridine rings is 1. The molecule has 0 aliphatic carbocycles. The molecule has 35 heavy (non-hydrogen) atoms. The van der Waals surface area contributed by atoms with Gasteiger partial charge < -0.3 is 19.5 Å². The molecule has 0 radical (unpaired) electrons. The zero-order valence-corrected chi connectivity index (χ0v) is 19.8. The highest BCUT2D eigenvalue weighted by atomic mass is 16.5. The molecule has 0 aliphatic heterocycles. The van der Waals surface area contributed by atoms with Crippen molar-refractivity contribution < 1.29 is 14.2 Å². The van der Waals surface area contributed by atoms with E-state index in [0.29, 0.717) is 42.5 Å². The minimum absolute atomic E-state index is 0.334. The Hall–Kier alpha value is -4.34. The Morgan fingerprint density at radius 1 is 0.857 bits per heavy atom. The lowest BCUT2D eigenvalue weighted by atomic mass is 9.96. The normalized spacial score (nSPS) is 10.4. The summed E-state index contributed by atoms with van der Waals surface area (Å²) in [4.78, 5) is 4.15. The van der Waals surface area contributed by atoms with Crippen molar-refractivity contribution in [1.82, 2.24) is 10.3 Å². The molecule has 1 heterocycles. The van der Waals surface area contributed by atoms with E-state index in [4.69, 9.17) is 14.2 Å². The second kappa shape index (κ2) is 11.7. The van der Waals surface area contributed by atoms with Crippen molar-refractivity contribution >= 4 is 0 Å². The molecule has 0 unspecified atom stereocenters. The monoisotopic (exact) mass is 465 g/mol. The van der Waals surface area contributed by atoms with Gasteiger partial charge in [0.15, 0.2) is 0 Å². The third kappa shape index (κ3) is 5.78. The van der Waals surface area contributed by atoms with Gasteiger partial charge in [-0.15, -0.1) is 0 Å². The van der Waals surface area contributed by atoms with Gasteiger partial charge in [0.2, 0.25) is 0 Å². The quantitative estimate of drug-likeness (QED) is 0.333. The van der Waals surface area contributed by atoms with E-state index in [-0.39, 0.29) is 0 Å². The van der Waals surface area contributed by atoms with Crippen LogP contribution in [0.3, 0.4) is 0 Å². The molecule has 0 aliphatic rings. The Labute approximate surface area is 205 Å². The van der Waals surface area contributed by atoms with Crippen LogP contribution in [0.5, 0.6) is 17.2 Å². The highest BCUT2D eigenvalue weighted by Gasteiger charge is 2.15. The molecule has 1 aromatic heterocycles. The van der Waals surface area contributed by atoms with Gasteiger partial charge in [0.05, 0.1) is 31.4 Å². The Morgan fingerprint density at radius 3 is 2.26 bits per heavy atom. The molecule has 0 atom stereocenters. The molecule has 6 nitrogen and oxygen atoms in total. The molecule has 0 saturated carbocycles. The SMILES string of the molecule is COc1cc(OCc2ccccc2-c2ccccc2C#N)cc(OC)c1CNCc1cccnc1. The van der Waals surface area contributed by atoms with Gasteiger partial charge in [0, 0.05) is 37.6 Å². The Balaban J connectivity index is 1.52. The molecular formula is C29H27N3O3. The summed E-state index contributed by atoms with van der Waals surface area (Å²) < 4.78 is 17.5. The molecule has 0 spiro atoms. The summed E-state index contributed by atoms with van der Waals surface area (Å²) in [6.45, 7) is 1.58. The van der Waals surface area contributed by atoms with Gasteiger partial charge in [0.1, 0.15) is 23.9 Å². The lowest BCUT2D eigenvalue weighted by molar-refractivity contribution is 0.300. The van der Waals surface area contributed by atoms with Crippen LogP contribution in [-0.2, 0) is 19.7 Å². The van der Waals surface area contributed by atoms with Crippen molar-refractivity contribution in [3.05, 3.63) is 107 Å². The van der Waals surface area contributed by atoms with Crippen LogP contribution in [0.15, 0.2) is 85.2 Å². The van der Waals surface area contributed by atoms with E-state index in [0.717, 1.165) is 27.8 Å². The summed E-state index contributed by atoms with van der Waals surface area (Å²) in [5.74, 6) is 2.00. The van der Waals surface area contributed by atoms with Crippen molar-refractivity contribution in [1.29, 1.82) is 5.26 Å². The van der Waals surface area contributed by atoms with Crippen molar-refractivity contribution in [3.8, 4) is 34.4 Å². The number of methoxy groups -OCH3 is 2. The molecular weight excluding hydrogens is 438 g/mol. The maximum atomic E-state index is 9.53. The van der Waals surface area contributed by atoms with Gasteiger partial charge in [-0.3, -0.25) is 4.98 Å². The van der Waals surface area contributed by atoms with Crippen LogP contribution in [0.4, 0.5) is 0 Å². The Kier molecular flexibility index (Phi) is 7.95. The topological polar surface area (TPSA) is 76.4 Å². The lowest BCUT2D eigenvalue weighted by Crippen LogP contribution is -2.14. The summed E-state index contributed by atoms with van der Waals surface area (Å²) >= 11 is 0. The maximum Gasteiger partial charge on any atom is 0.130 e. The highest BCUT2D eigenvalue weighted by Crippen LogP contribution is 2.35. The van der Waals surface area contributed by atoms with Crippen LogP contribution in [0.2, 0.25) is 0 Å². The average molecular weight is 466 g/mol. The van der Waals surface area contributed by atoms with E-state index in [9.17, 15) is 5.26 Å². The second-order valence-electron chi connectivity index (χ2n) is 7.87. The number of ether oxygens (including phenoxy) is 3. The standard InChI is InChI=1S/C29H27N3O3/c1-33-28-14-24(15-29(34-2)27(28)19-32-18-21-8-7-13-31-17-21)35-20-23-10-4-6-12-26(23)25-11-5-3-9-22(25)16-30/h3-15,17,32H,18-20H2,1-2H3. The fourth-order valence-corrected chi connectivity index (χ4v) is 3.94. The first-order valence-corrected chi connectivity index (χ1v) is 11.3. The number of nitrogens with one attached hydrogen (secondary N) is 1. The first kappa shape index (κ1) is 23.8. The third-order valence-corrected chi connectivity index (χ3v) is 5.68. The smallest absolute Gasteiger partial charge is 0.130 e. The Bertz CT molecular complexity index is 1290. The van der Waals surface area contributed by atoms with E-state index in [1.165, 1.54) is 0 Å². The van der Waals surface area contributed by atoms with Crippen molar-refractivity contribution in [2.45, 2.75) is 19.7 Å². The van der Waals surface area contributed by atoms with Crippen LogP contribution in [0.1, 0.15) is 22.3 Å². The fraction of sp³-hybridized carbons (Fsp3) is 0.172. The van der Waals surface area contributed by atoms with Gasteiger partial charge in [-0.1, -0.05) is 48.5 Å². The molecule has 0 amide bonds. The summed E-state index contributed by atoms with van der Waals surface area (Å²) in [7, 11) is 3.27. The fourth-order valence-electron chi connectivity index (χ4n) is 3.94. The van der Waals surface area contributed by atoms with E-state index in [1.807, 2.05) is 79.0 Å². The minimum atomic E-state index is 0.334. The number of aromatic nitrogens is 1. The lowest BCUT2D eigenvalue weighted by Gasteiger charge is -2.17. The number of rotatable bonds is 10. The molecule has 0 bridgehead atoms. The number of nitrogens with zero attached hydrogens (tertiary/aromatic N) is 2. The second-order valence-corrected chi connectivity index (χ2v) is 7.87. The van der Waals surface area contributed by atoms with Crippen LogP contribution >= 0.6 is 0 Å². The minimum Gasteiger partial charge on any atom is -0.496 e. The number of hydrogen-bond acceptors (Lipinski definition) is 6. The average Bonchev–Trinajstić information content (AvgIpc) is 2.92. The van der Waals surface area contributed by atoms with Crippen LogP contribution in [-0.4, -0.2) is 19.2 Å². The summed E-state index contributed by atoms with van der Waals surface area (Å²) in [5, 5.41) is 12.9. The van der Waals surface area contributed by atoms with Gasteiger partial charge >= 0.3 is 0 Å². The predicted molar refractivity (Wildman–Crippen MR) is 135 cm³/mol. The van der Waals surface area contributed by atoms with Gasteiger partial charge in [-0.05, 0) is 34.4 Å². The van der Waals surface area contributed by atoms with E-state index in [2.05, 4.69) is 16.4 Å². The number of nitriles is 1. The molecule has 0 fully saturated rings. The van der Waals surface area contributed by atoms with E-state index in [1.54, 1.807) is 20.4 Å². The largest absolute Gasteiger partial charge is 0.496 e. The summed E-state index contributed by atoms with van der Waals surface area (Å²) in [5.41, 5.74) is 5.48. The van der Waals surface area contributed by atoms with E-state index < -0.39 is 0 Å². The molecule has 176 valence electrons. The van der Waals surface area contributed by atoms with Crippen molar-refractivity contribution in [2.75, 3.05) is 14.2 Å². The first-order chi connectivity index (χ1) is 17.2. The predicted octanol–water partition coefficient (Wildman–Crippen LogP) is 5.51. The van der Waals surface area contributed by atoms with Gasteiger partial charge in [-0.25, -0.2) is 0 Å². The van der Waals surface area contributed by atoms with Crippen molar-refractivity contribution in [3.63, 3.8) is 0 Å². The van der Waals surface area contributed by atoms with E-state index >= 15 is 0 Å². The van der Waals surface area contributed by atoms with Gasteiger partial charge in [-0.2, -0.15) is 5.26 Å². The molecule has 4 rings (SSSR count). The molecule has 3 aromatic carbocycles. The Morgan fingerprint density at radius 2 is 1.57 bits per heavy atom. The van der Waals surface area contributed by atoms with Crippen LogP contribution in [0, 0.1) is 11.3 Å². The summed E-state index contributed by atoms with van der Waals surface area (Å²) in [6, 6.07) is 25.5. The molecule has 1 N–H and O–H groups in total. The van der Waals surface area contributed by atoms with Crippen LogP contribution in [0.25, 0.3) is 11.1 Å². The zero-order chi connectivity index (χ0) is 24.5. The van der Waals surface area contributed by atoms with Crippen molar-refractivity contribution in [2.24, 2.45) is 0 Å². The first-order valence-electron chi connectivity index (χ1n) is 11.3.